The van der Waals surface area contributed by atoms with Crippen LogP contribution in [0.2, 0.25) is 0 Å². The first-order chi connectivity index (χ1) is 9.74. The largest absolute Gasteiger partial charge is 0.457 e. The molecule has 2 heterocycles. The molecule has 3 aromatic rings. The highest BCUT2D eigenvalue weighted by Gasteiger charge is 2.12. The molecule has 3 rings (SSSR count). The SMILES string of the molecule is O=C(Nc1ccc(-c2ccn[nH]2)cc1)c1ccoc1Br. The number of nitrogens with one attached hydrogen (secondary N) is 2. The summed E-state index contributed by atoms with van der Waals surface area (Å²) in [6.45, 7) is 0. The van der Waals surface area contributed by atoms with Gasteiger partial charge in [0.1, 0.15) is 0 Å². The summed E-state index contributed by atoms with van der Waals surface area (Å²) in [5, 5.41) is 9.59. The molecule has 0 fully saturated rings. The Hall–Kier alpha value is -2.34. The lowest BCUT2D eigenvalue weighted by Crippen LogP contribution is -2.11. The zero-order chi connectivity index (χ0) is 13.9. The number of H-pyrrole nitrogens is 1. The predicted molar refractivity (Wildman–Crippen MR) is 78.4 cm³/mol. The number of furan rings is 1. The Morgan fingerprint density at radius 2 is 2.00 bits per heavy atom. The lowest BCUT2D eigenvalue weighted by Gasteiger charge is -2.05. The summed E-state index contributed by atoms with van der Waals surface area (Å²) >= 11 is 3.18. The summed E-state index contributed by atoms with van der Waals surface area (Å²) < 4.78 is 5.46. The second-order valence-electron chi connectivity index (χ2n) is 4.11. The van der Waals surface area contributed by atoms with E-state index in [2.05, 4.69) is 31.4 Å². The van der Waals surface area contributed by atoms with Crippen LogP contribution in [0, 0.1) is 0 Å². The Morgan fingerprint density at radius 3 is 2.60 bits per heavy atom. The van der Waals surface area contributed by atoms with Gasteiger partial charge in [-0.25, -0.2) is 0 Å². The van der Waals surface area contributed by atoms with Crippen LogP contribution in [0.1, 0.15) is 10.4 Å². The molecule has 2 N–H and O–H groups in total. The van der Waals surface area contributed by atoms with Gasteiger partial charge in [0.25, 0.3) is 5.91 Å². The third-order valence-electron chi connectivity index (χ3n) is 2.82. The topological polar surface area (TPSA) is 70.9 Å². The minimum absolute atomic E-state index is 0.222. The van der Waals surface area contributed by atoms with Gasteiger partial charge in [-0.1, -0.05) is 12.1 Å². The Kier molecular flexibility index (Phi) is 3.39. The zero-order valence-corrected chi connectivity index (χ0v) is 11.8. The number of hydrogen-bond acceptors (Lipinski definition) is 3. The summed E-state index contributed by atoms with van der Waals surface area (Å²) in [4.78, 5) is 12.0. The molecule has 1 amide bonds. The number of carbonyl (C=O) groups excluding carboxylic acids is 1. The second-order valence-corrected chi connectivity index (χ2v) is 4.83. The first-order valence-corrected chi connectivity index (χ1v) is 6.67. The van der Waals surface area contributed by atoms with Crippen LogP contribution in [0.25, 0.3) is 11.3 Å². The van der Waals surface area contributed by atoms with E-state index in [0.29, 0.717) is 15.9 Å². The molecule has 1 aromatic carbocycles. The smallest absolute Gasteiger partial charge is 0.260 e. The fraction of sp³-hybridized carbons (Fsp3) is 0. The van der Waals surface area contributed by atoms with Crippen molar-refractivity contribution in [2.24, 2.45) is 0 Å². The van der Waals surface area contributed by atoms with Crippen molar-refractivity contribution in [2.75, 3.05) is 5.32 Å². The molecule has 2 aromatic heterocycles. The van der Waals surface area contributed by atoms with Crippen LogP contribution in [-0.4, -0.2) is 16.1 Å². The van der Waals surface area contributed by atoms with Crippen molar-refractivity contribution in [2.45, 2.75) is 0 Å². The van der Waals surface area contributed by atoms with Crippen molar-refractivity contribution in [3.63, 3.8) is 0 Å². The molecule has 0 aliphatic heterocycles. The number of carbonyl (C=O) groups is 1. The van der Waals surface area contributed by atoms with E-state index in [1.165, 1.54) is 6.26 Å². The van der Waals surface area contributed by atoms with E-state index in [4.69, 9.17) is 4.42 Å². The van der Waals surface area contributed by atoms with Gasteiger partial charge in [0.05, 0.1) is 17.5 Å². The van der Waals surface area contributed by atoms with E-state index in [9.17, 15) is 4.79 Å². The minimum Gasteiger partial charge on any atom is -0.457 e. The Morgan fingerprint density at radius 1 is 1.20 bits per heavy atom. The van der Waals surface area contributed by atoms with Crippen LogP contribution in [0.3, 0.4) is 0 Å². The maximum Gasteiger partial charge on any atom is 0.260 e. The Labute approximate surface area is 123 Å². The van der Waals surface area contributed by atoms with Crippen molar-refractivity contribution in [3.05, 3.63) is 59.1 Å². The first kappa shape index (κ1) is 12.7. The van der Waals surface area contributed by atoms with Gasteiger partial charge >= 0.3 is 0 Å². The molecule has 5 nitrogen and oxygen atoms in total. The lowest BCUT2D eigenvalue weighted by atomic mass is 10.1. The van der Waals surface area contributed by atoms with Gasteiger partial charge in [-0.15, -0.1) is 0 Å². The highest BCUT2D eigenvalue weighted by atomic mass is 79.9. The normalized spacial score (nSPS) is 10.4. The van der Waals surface area contributed by atoms with Crippen LogP contribution < -0.4 is 5.32 Å². The molecule has 0 saturated carbocycles. The predicted octanol–water partition coefficient (Wildman–Crippen LogP) is 3.68. The highest BCUT2D eigenvalue weighted by molar-refractivity contribution is 9.10. The van der Waals surface area contributed by atoms with E-state index in [1.54, 1.807) is 12.3 Å². The van der Waals surface area contributed by atoms with Gasteiger partial charge in [-0.3, -0.25) is 9.89 Å². The summed E-state index contributed by atoms with van der Waals surface area (Å²) in [6, 6.07) is 11.0. The summed E-state index contributed by atoms with van der Waals surface area (Å²) in [5.74, 6) is -0.222. The van der Waals surface area contributed by atoms with Gasteiger partial charge < -0.3 is 9.73 Å². The number of aromatic amines is 1. The van der Waals surface area contributed by atoms with E-state index in [1.807, 2.05) is 30.3 Å². The maximum atomic E-state index is 12.0. The molecular weight excluding hydrogens is 322 g/mol. The van der Waals surface area contributed by atoms with E-state index < -0.39 is 0 Å². The van der Waals surface area contributed by atoms with Crippen LogP contribution in [0.15, 0.2) is 57.9 Å². The van der Waals surface area contributed by atoms with Crippen LogP contribution in [-0.2, 0) is 0 Å². The van der Waals surface area contributed by atoms with Crippen molar-refractivity contribution in [1.82, 2.24) is 10.2 Å². The number of hydrogen-bond donors (Lipinski definition) is 2. The fourth-order valence-corrected chi connectivity index (χ4v) is 2.22. The Bertz CT molecular complexity index is 717. The van der Waals surface area contributed by atoms with Crippen molar-refractivity contribution in [3.8, 4) is 11.3 Å². The molecule has 0 radical (unpaired) electrons. The number of anilines is 1. The molecule has 0 aliphatic rings. The monoisotopic (exact) mass is 331 g/mol. The second kappa shape index (κ2) is 5.34. The Balaban J connectivity index is 1.76. The summed E-state index contributed by atoms with van der Waals surface area (Å²) in [5.41, 5.74) is 3.11. The van der Waals surface area contributed by atoms with Gasteiger partial charge in [-0.2, -0.15) is 5.10 Å². The fourth-order valence-electron chi connectivity index (χ4n) is 1.80. The standard InChI is InChI=1S/C14H10BrN3O2/c15-13-11(6-8-20-13)14(19)17-10-3-1-9(2-4-10)12-5-7-16-18-12/h1-8H,(H,16,18)(H,17,19). The molecular formula is C14H10BrN3O2. The van der Waals surface area contributed by atoms with E-state index in [0.717, 1.165) is 11.3 Å². The number of halogens is 1. The van der Waals surface area contributed by atoms with Gasteiger partial charge in [0.2, 0.25) is 0 Å². The number of aromatic nitrogens is 2. The van der Waals surface area contributed by atoms with Gasteiger partial charge in [-0.05, 0) is 45.8 Å². The minimum atomic E-state index is -0.222. The molecule has 0 bridgehead atoms. The first-order valence-electron chi connectivity index (χ1n) is 5.88. The van der Waals surface area contributed by atoms with E-state index >= 15 is 0 Å². The van der Waals surface area contributed by atoms with Gasteiger partial charge in [0.15, 0.2) is 4.67 Å². The highest BCUT2D eigenvalue weighted by Crippen LogP contribution is 2.21. The molecule has 0 unspecified atom stereocenters. The van der Waals surface area contributed by atoms with Crippen molar-refractivity contribution < 1.29 is 9.21 Å². The van der Waals surface area contributed by atoms with Crippen molar-refractivity contribution >= 4 is 27.5 Å². The van der Waals surface area contributed by atoms with Crippen LogP contribution in [0.5, 0.6) is 0 Å². The molecule has 6 heteroatoms. The quantitative estimate of drug-likeness (QED) is 0.768. The molecule has 20 heavy (non-hydrogen) atoms. The van der Waals surface area contributed by atoms with Crippen molar-refractivity contribution in [1.29, 1.82) is 0 Å². The number of amides is 1. The molecule has 100 valence electrons. The number of benzene rings is 1. The maximum absolute atomic E-state index is 12.0. The average molecular weight is 332 g/mol. The number of rotatable bonds is 3. The van der Waals surface area contributed by atoms with Crippen LogP contribution >= 0.6 is 15.9 Å². The molecule has 0 aliphatic carbocycles. The van der Waals surface area contributed by atoms with Crippen LogP contribution in [0.4, 0.5) is 5.69 Å². The summed E-state index contributed by atoms with van der Waals surface area (Å²) in [7, 11) is 0. The van der Waals surface area contributed by atoms with E-state index in [-0.39, 0.29) is 5.91 Å². The third kappa shape index (κ3) is 2.50. The summed E-state index contributed by atoms with van der Waals surface area (Å²) in [6.07, 6.45) is 3.15. The molecule has 0 spiro atoms. The zero-order valence-electron chi connectivity index (χ0n) is 10.3. The molecule has 0 atom stereocenters. The van der Waals surface area contributed by atoms with Gasteiger partial charge in [0, 0.05) is 11.9 Å². The lowest BCUT2D eigenvalue weighted by molar-refractivity contribution is 0.102. The average Bonchev–Trinajstić information content (AvgIpc) is 3.10. The molecule has 0 saturated heterocycles. The number of nitrogens with zero attached hydrogens (tertiary/aromatic N) is 1. The third-order valence-corrected chi connectivity index (χ3v) is 3.43.